The Bertz CT molecular complexity index is 162. The number of hydrogen-bond donors (Lipinski definition) is 0. The van der Waals surface area contributed by atoms with Gasteiger partial charge in [0.1, 0.15) is 0 Å². The maximum absolute atomic E-state index is 3.68. The minimum absolute atomic E-state index is 1.09. The molecule has 0 saturated carbocycles. The molecule has 0 nitrogen and oxygen atoms in total. The normalized spacial score (nSPS) is 11.1. The van der Waals surface area contributed by atoms with Gasteiger partial charge >= 0.3 is 0 Å². The molecule has 0 rings (SSSR count). The number of hydrogen-bond acceptors (Lipinski definition) is 0. The second-order valence-corrected chi connectivity index (χ2v) is 3.25. The molecule has 0 aromatic carbocycles. The highest BCUT2D eigenvalue weighted by molar-refractivity contribution is 4.89. The molecular formula is C14H22. The summed E-state index contributed by atoms with van der Waals surface area (Å²) < 4.78 is 0. The van der Waals surface area contributed by atoms with Gasteiger partial charge in [0.15, 0.2) is 0 Å². The van der Waals surface area contributed by atoms with E-state index in [2.05, 4.69) is 37.5 Å². The lowest BCUT2D eigenvalue weighted by Gasteiger charge is -1.88. The van der Waals surface area contributed by atoms with E-state index in [1.54, 1.807) is 0 Å². The van der Waals surface area contributed by atoms with E-state index in [-0.39, 0.29) is 0 Å². The van der Waals surface area contributed by atoms with Crippen LogP contribution in [0, 0.1) is 0 Å². The van der Waals surface area contributed by atoms with Crippen molar-refractivity contribution < 1.29 is 0 Å². The average molecular weight is 190 g/mol. The number of allylic oxidation sites excluding steroid dienone is 6. The van der Waals surface area contributed by atoms with E-state index in [9.17, 15) is 0 Å². The van der Waals surface area contributed by atoms with Gasteiger partial charge in [0.2, 0.25) is 0 Å². The van der Waals surface area contributed by atoms with Crippen LogP contribution in [0.3, 0.4) is 0 Å². The zero-order valence-electron chi connectivity index (χ0n) is 9.12. The predicted octanol–water partition coefficient (Wildman–Crippen LogP) is 4.81. The van der Waals surface area contributed by atoms with E-state index in [4.69, 9.17) is 0 Å². The van der Waals surface area contributed by atoms with E-state index in [0.717, 1.165) is 38.5 Å². The largest absolute Gasteiger partial charge is 0.103 e. The highest BCUT2D eigenvalue weighted by Gasteiger charge is 1.78. The molecule has 0 aromatic heterocycles. The van der Waals surface area contributed by atoms with Crippen molar-refractivity contribution in [2.75, 3.05) is 0 Å². The third-order valence-electron chi connectivity index (χ3n) is 1.91. The molecule has 0 aromatic rings. The highest BCUT2D eigenvalue weighted by atomic mass is 13.8. The summed E-state index contributed by atoms with van der Waals surface area (Å²) >= 11 is 0. The van der Waals surface area contributed by atoms with Crippen LogP contribution < -0.4 is 0 Å². The molecule has 14 heavy (non-hydrogen) atoms. The monoisotopic (exact) mass is 190 g/mol. The zero-order chi connectivity index (χ0) is 10.5. The molecule has 0 unspecified atom stereocenters. The lowest BCUT2D eigenvalue weighted by Crippen LogP contribution is -1.68. The first-order valence-electron chi connectivity index (χ1n) is 5.43. The molecule has 0 aliphatic rings. The fourth-order valence-corrected chi connectivity index (χ4v) is 1.09. The van der Waals surface area contributed by atoms with Gasteiger partial charge in [-0.15, -0.1) is 13.2 Å². The molecule has 0 spiro atoms. The summed E-state index contributed by atoms with van der Waals surface area (Å²) in [6.45, 7) is 7.37. The smallest absolute Gasteiger partial charge is 0.0316 e. The van der Waals surface area contributed by atoms with Gasteiger partial charge < -0.3 is 0 Å². The number of unbranched alkanes of at least 4 members (excludes halogenated alkanes) is 3. The van der Waals surface area contributed by atoms with Crippen molar-refractivity contribution in [3.8, 4) is 0 Å². The Kier molecular flexibility index (Phi) is 11.1. The molecule has 0 bridgehead atoms. The van der Waals surface area contributed by atoms with Gasteiger partial charge in [0, 0.05) is 0 Å². The van der Waals surface area contributed by atoms with Gasteiger partial charge in [0.25, 0.3) is 0 Å². The van der Waals surface area contributed by atoms with Crippen LogP contribution in [0.5, 0.6) is 0 Å². The summed E-state index contributed by atoms with van der Waals surface area (Å²) in [7, 11) is 0. The van der Waals surface area contributed by atoms with Crippen LogP contribution in [0.15, 0.2) is 49.6 Å². The molecule has 0 radical (unpaired) electrons. The van der Waals surface area contributed by atoms with Gasteiger partial charge in [-0.05, 0) is 38.5 Å². The van der Waals surface area contributed by atoms with Crippen molar-refractivity contribution in [2.24, 2.45) is 0 Å². The van der Waals surface area contributed by atoms with Gasteiger partial charge in [-0.1, -0.05) is 36.5 Å². The van der Waals surface area contributed by atoms with Crippen LogP contribution >= 0.6 is 0 Å². The maximum Gasteiger partial charge on any atom is -0.0316 e. The third-order valence-corrected chi connectivity index (χ3v) is 1.91. The minimum atomic E-state index is 1.09. The van der Waals surface area contributed by atoms with Crippen molar-refractivity contribution in [1.82, 2.24) is 0 Å². The van der Waals surface area contributed by atoms with Gasteiger partial charge in [-0.3, -0.25) is 0 Å². The average Bonchev–Trinajstić information content (AvgIpc) is 2.21. The molecule has 0 N–H and O–H groups in total. The van der Waals surface area contributed by atoms with E-state index >= 15 is 0 Å². The predicted molar refractivity (Wildman–Crippen MR) is 66.4 cm³/mol. The second-order valence-electron chi connectivity index (χ2n) is 3.25. The third kappa shape index (κ3) is 11.0. The summed E-state index contributed by atoms with van der Waals surface area (Å²) in [6, 6.07) is 0. The van der Waals surface area contributed by atoms with Crippen LogP contribution in [0.2, 0.25) is 0 Å². The molecular weight excluding hydrogens is 168 g/mol. The van der Waals surface area contributed by atoms with E-state index in [1.807, 2.05) is 12.2 Å². The molecule has 0 fully saturated rings. The summed E-state index contributed by atoms with van der Waals surface area (Å²) in [6.07, 6.45) is 19.6. The Morgan fingerprint density at radius 3 is 1.07 bits per heavy atom. The lowest BCUT2D eigenvalue weighted by molar-refractivity contribution is 0.988. The number of rotatable bonds is 9. The van der Waals surface area contributed by atoms with Crippen LogP contribution in [-0.2, 0) is 0 Å². The van der Waals surface area contributed by atoms with Crippen molar-refractivity contribution in [3.63, 3.8) is 0 Å². The fraction of sp³-hybridized carbons (Fsp3) is 0.429. The van der Waals surface area contributed by atoms with Crippen LogP contribution in [0.25, 0.3) is 0 Å². The molecule has 0 aliphatic heterocycles. The van der Waals surface area contributed by atoms with Gasteiger partial charge in [0.05, 0.1) is 0 Å². The Labute approximate surface area is 88.7 Å². The molecule has 0 amide bonds. The standard InChI is InChI=1S/C14H22/c1-3-5-7-9-11-13-14-12-10-8-6-4-2/h3-4,9-12H,1-2,5-8,13-14H2/b11-9-,12-10+. The second kappa shape index (κ2) is 12.0. The molecule has 78 valence electrons. The molecule has 0 heteroatoms. The molecule has 0 aliphatic carbocycles. The van der Waals surface area contributed by atoms with Crippen molar-refractivity contribution >= 4 is 0 Å². The van der Waals surface area contributed by atoms with Crippen LogP contribution in [0.1, 0.15) is 38.5 Å². The summed E-state index contributed by atoms with van der Waals surface area (Å²) in [5, 5.41) is 0. The molecule has 0 atom stereocenters. The Balaban J connectivity index is 3.18. The lowest BCUT2D eigenvalue weighted by atomic mass is 10.2. The van der Waals surface area contributed by atoms with Gasteiger partial charge in [-0.2, -0.15) is 0 Å². The summed E-state index contributed by atoms with van der Waals surface area (Å²) in [4.78, 5) is 0. The minimum Gasteiger partial charge on any atom is -0.103 e. The highest BCUT2D eigenvalue weighted by Crippen LogP contribution is 1.98. The molecule has 0 heterocycles. The van der Waals surface area contributed by atoms with E-state index in [1.165, 1.54) is 0 Å². The quantitative estimate of drug-likeness (QED) is 0.361. The van der Waals surface area contributed by atoms with Crippen molar-refractivity contribution in [3.05, 3.63) is 49.6 Å². The van der Waals surface area contributed by atoms with Crippen molar-refractivity contribution in [1.29, 1.82) is 0 Å². The van der Waals surface area contributed by atoms with Gasteiger partial charge in [-0.25, -0.2) is 0 Å². The summed E-state index contributed by atoms with van der Waals surface area (Å²) in [5.74, 6) is 0. The summed E-state index contributed by atoms with van der Waals surface area (Å²) in [5.41, 5.74) is 0. The first kappa shape index (κ1) is 13.0. The van der Waals surface area contributed by atoms with E-state index < -0.39 is 0 Å². The zero-order valence-corrected chi connectivity index (χ0v) is 9.12. The Morgan fingerprint density at radius 2 is 0.786 bits per heavy atom. The maximum atomic E-state index is 3.68. The van der Waals surface area contributed by atoms with E-state index in [0.29, 0.717) is 0 Å². The van der Waals surface area contributed by atoms with Crippen LogP contribution in [-0.4, -0.2) is 0 Å². The van der Waals surface area contributed by atoms with Crippen molar-refractivity contribution in [2.45, 2.75) is 38.5 Å². The Morgan fingerprint density at radius 1 is 0.500 bits per heavy atom. The Hall–Kier alpha value is -1.04. The fourth-order valence-electron chi connectivity index (χ4n) is 1.09. The first-order chi connectivity index (χ1) is 6.91. The SMILES string of the molecule is C=CCC/C=C\CC/C=C/CCC=C. The molecule has 0 saturated heterocycles. The van der Waals surface area contributed by atoms with Crippen LogP contribution in [0.4, 0.5) is 0 Å². The first-order valence-corrected chi connectivity index (χ1v) is 5.43. The topological polar surface area (TPSA) is 0 Å².